The number of aryl methyl sites for hydroxylation is 1. The summed E-state index contributed by atoms with van der Waals surface area (Å²) in [7, 11) is 0. The molecule has 1 saturated heterocycles. The molecular weight excluding hydrogens is 342 g/mol. The van der Waals surface area contributed by atoms with E-state index in [0.29, 0.717) is 19.1 Å². The largest absolute Gasteiger partial charge is 0.357 e. The second-order valence-corrected chi connectivity index (χ2v) is 7.09. The van der Waals surface area contributed by atoms with Gasteiger partial charge in [0.25, 0.3) is 0 Å². The predicted molar refractivity (Wildman–Crippen MR) is 109 cm³/mol. The Morgan fingerprint density at radius 1 is 1.30 bits per heavy atom. The molecule has 0 aromatic carbocycles. The number of amides is 1. The van der Waals surface area contributed by atoms with Crippen molar-refractivity contribution in [2.75, 3.05) is 39.3 Å². The van der Waals surface area contributed by atoms with Gasteiger partial charge in [-0.05, 0) is 38.7 Å². The van der Waals surface area contributed by atoms with Crippen LogP contribution in [0.4, 0.5) is 0 Å². The molecule has 1 aliphatic rings. The fourth-order valence-corrected chi connectivity index (χ4v) is 3.13. The highest BCUT2D eigenvalue weighted by Crippen LogP contribution is 2.09. The highest BCUT2D eigenvalue weighted by atomic mass is 16.2. The van der Waals surface area contributed by atoms with Gasteiger partial charge < -0.3 is 16.0 Å². The van der Waals surface area contributed by atoms with Gasteiger partial charge >= 0.3 is 0 Å². The summed E-state index contributed by atoms with van der Waals surface area (Å²) < 4.78 is 1.92. The van der Waals surface area contributed by atoms with Crippen LogP contribution in [0.5, 0.6) is 0 Å². The van der Waals surface area contributed by atoms with Crippen molar-refractivity contribution < 1.29 is 4.79 Å². The number of likely N-dealkylation sites (tertiary alicyclic amines) is 1. The quantitative estimate of drug-likeness (QED) is 0.436. The molecule has 0 spiro atoms. The molecule has 2 heterocycles. The highest BCUT2D eigenvalue weighted by molar-refractivity contribution is 5.80. The van der Waals surface area contributed by atoms with Crippen LogP contribution in [0.2, 0.25) is 0 Å². The molecule has 1 aromatic heterocycles. The summed E-state index contributed by atoms with van der Waals surface area (Å²) in [5.74, 6) is 0.993. The minimum absolute atomic E-state index is 0.131. The number of rotatable bonds is 9. The average molecular weight is 378 g/mol. The van der Waals surface area contributed by atoms with Gasteiger partial charge in [-0.1, -0.05) is 6.92 Å². The summed E-state index contributed by atoms with van der Waals surface area (Å²) in [6.45, 7) is 11.6. The number of nitrogens with one attached hydrogen (secondary N) is 3. The number of hydrogen-bond acceptors (Lipinski definition) is 4. The number of hydrogen-bond donors (Lipinski definition) is 3. The van der Waals surface area contributed by atoms with Crippen LogP contribution < -0.4 is 16.0 Å². The molecule has 0 aliphatic carbocycles. The van der Waals surface area contributed by atoms with Crippen molar-refractivity contribution in [2.45, 2.75) is 52.6 Å². The Hall–Kier alpha value is -2.09. The number of piperidine rings is 1. The van der Waals surface area contributed by atoms with Gasteiger partial charge in [0, 0.05) is 38.4 Å². The number of aromatic nitrogens is 2. The maximum Gasteiger partial charge on any atom is 0.234 e. The second kappa shape index (κ2) is 11.6. The Morgan fingerprint density at radius 2 is 2.07 bits per heavy atom. The Balaban J connectivity index is 1.73. The number of guanidine groups is 1. The van der Waals surface area contributed by atoms with Gasteiger partial charge in [0.2, 0.25) is 5.91 Å². The van der Waals surface area contributed by atoms with Crippen LogP contribution in [-0.2, 0) is 11.3 Å². The average Bonchev–Trinajstić information content (AvgIpc) is 3.07. The van der Waals surface area contributed by atoms with Crippen LogP contribution in [0.3, 0.4) is 0 Å². The summed E-state index contributed by atoms with van der Waals surface area (Å²) in [4.78, 5) is 18.7. The van der Waals surface area contributed by atoms with Gasteiger partial charge in [0.15, 0.2) is 5.96 Å². The third-order valence-corrected chi connectivity index (χ3v) is 4.57. The third-order valence-electron chi connectivity index (χ3n) is 4.57. The summed E-state index contributed by atoms with van der Waals surface area (Å²) in [5, 5.41) is 14.1. The van der Waals surface area contributed by atoms with Gasteiger partial charge in [-0.3, -0.25) is 19.4 Å². The van der Waals surface area contributed by atoms with Gasteiger partial charge in [-0.15, -0.1) is 0 Å². The highest BCUT2D eigenvalue weighted by Gasteiger charge is 2.21. The van der Waals surface area contributed by atoms with E-state index >= 15 is 0 Å². The van der Waals surface area contributed by atoms with E-state index in [2.05, 4.69) is 44.8 Å². The van der Waals surface area contributed by atoms with Crippen LogP contribution in [0.15, 0.2) is 17.4 Å². The first-order chi connectivity index (χ1) is 13.1. The van der Waals surface area contributed by atoms with Crippen LogP contribution in [0, 0.1) is 6.92 Å². The molecule has 0 bridgehead atoms. The van der Waals surface area contributed by atoms with E-state index in [1.54, 1.807) is 0 Å². The van der Waals surface area contributed by atoms with Crippen molar-refractivity contribution in [2.24, 2.45) is 4.99 Å². The molecule has 1 fully saturated rings. The molecule has 152 valence electrons. The Bertz CT molecular complexity index is 591. The molecule has 0 atom stereocenters. The summed E-state index contributed by atoms with van der Waals surface area (Å²) in [5.41, 5.74) is 1.17. The summed E-state index contributed by atoms with van der Waals surface area (Å²) in [6, 6.07) is 0.393. The van der Waals surface area contributed by atoms with Gasteiger partial charge in [-0.2, -0.15) is 5.10 Å². The lowest BCUT2D eigenvalue weighted by molar-refractivity contribution is -0.122. The Kier molecular flexibility index (Phi) is 9.10. The van der Waals surface area contributed by atoms with E-state index in [1.165, 1.54) is 5.56 Å². The van der Waals surface area contributed by atoms with Crippen molar-refractivity contribution in [3.05, 3.63) is 18.0 Å². The van der Waals surface area contributed by atoms with Crippen LogP contribution in [0.25, 0.3) is 0 Å². The molecule has 8 nitrogen and oxygen atoms in total. The topological polar surface area (TPSA) is 86.6 Å². The monoisotopic (exact) mass is 377 g/mol. The standard InChI is InChI=1S/C19H35N7O/c1-4-8-21-18(27)15-25-10-6-17(7-11-25)24-19(20-5-2)22-9-12-26-14-16(3)13-23-26/h13-14,17H,4-12,15H2,1-3H3,(H,21,27)(H2,20,22,24). The van der Waals surface area contributed by atoms with Crippen LogP contribution in [0.1, 0.15) is 38.7 Å². The second-order valence-electron chi connectivity index (χ2n) is 7.09. The summed E-state index contributed by atoms with van der Waals surface area (Å²) >= 11 is 0. The molecule has 3 N–H and O–H groups in total. The predicted octanol–water partition coefficient (Wildman–Crippen LogP) is 0.737. The first-order valence-electron chi connectivity index (χ1n) is 10.1. The fraction of sp³-hybridized carbons (Fsp3) is 0.737. The van der Waals surface area contributed by atoms with Crippen molar-refractivity contribution in [3.8, 4) is 0 Å². The van der Waals surface area contributed by atoms with Gasteiger partial charge in [-0.25, -0.2) is 0 Å². The van der Waals surface area contributed by atoms with Crippen LogP contribution >= 0.6 is 0 Å². The molecule has 1 aliphatic heterocycles. The van der Waals surface area contributed by atoms with E-state index in [4.69, 9.17) is 0 Å². The minimum atomic E-state index is 0.131. The van der Waals surface area contributed by atoms with E-state index in [9.17, 15) is 4.79 Å². The smallest absolute Gasteiger partial charge is 0.234 e. The van der Waals surface area contributed by atoms with Crippen molar-refractivity contribution in [1.29, 1.82) is 0 Å². The lowest BCUT2D eigenvalue weighted by atomic mass is 10.1. The lowest BCUT2D eigenvalue weighted by Crippen LogP contribution is -2.50. The van der Waals surface area contributed by atoms with Crippen molar-refractivity contribution in [3.63, 3.8) is 0 Å². The molecule has 0 saturated carbocycles. The number of carbonyl (C=O) groups excluding carboxylic acids is 1. The zero-order chi connectivity index (χ0) is 19.5. The Labute approximate surface area is 162 Å². The number of aliphatic imine (C=N–C) groups is 1. The maximum absolute atomic E-state index is 11.8. The fourth-order valence-electron chi connectivity index (χ4n) is 3.13. The van der Waals surface area contributed by atoms with Crippen molar-refractivity contribution in [1.82, 2.24) is 30.6 Å². The zero-order valence-corrected chi connectivity index (χ0v) is 17.0. The number of nitrogens with zero attached hydrogens (tertiary/aromatic N) is 4. The van der Waals surface area contributed by atoms with Crippen LogP contribution in [-0.4, -0.2) is 71.9 Å². The molecule has 8 heteroatoms. The third kappa shape index (κ3) is 7.99. The first-order valence-corrected chi connectivity index (χ1v) is 10.1. The van der Waals surface area contributed by atoms with E-state index in [-0.39, 0.29) is 5.91 Å². The van der Waals surface area contributed by atoms with Crippen molar-refractivity contribution >= 4 is 11.9 Å². The minimum Gasteiger partial charge on any atom is -0.357 e. The zero-order valence-electron chi connectivity index (χ0n) is 17.0. The molecule has 0 unspecified atom stereocenters. The molecule has 0 radical (unpaired) electrons. The maximum atomic E-state index is 11.8. The Morgan fingerprint density at radius 3 is 2.70 bits per heavy atom. The van der Waals surface area contributed by atoms with E-state index in [0.717, 1.165) is 57.9 Å². The molecule has 27 heavy (non-hydrogen) atoms. The number of carbonyl (C=O) groups is 1. The van der Waals surface area contributed by atoms with Gasteiger partial charge in [0.05, 0.1) is 25.8 Å². The molecular formula is C19H35N7O. The lowest BCUT2D eigenvalue weighted by Gasteiger charge is -2.32. The summed E-state index contributed by atoms with van der Waals surface area (Å²) in [6.07, 6.45) is 6.91. The molecule has 1 aromatic rings. The normalized spacial score (nSPS) is 16.3. The first kappa shape index (κ1) is 21.2. The SMILES string of the molecule is CCCNC(=O)CN1CCC(NC(=NCCn2cc(C)cn2)NCC)CC1. The molecule has 2 rings (SSSR count). The molecule has 1 amide bonds. The van der Waals surface area contributed by atoms with Gasteiger partial charge in [0.1, 0.15) is 0 Å². The van der Waals surface area contributed by atoms with E-state index < -0.39 is 0 Å². The van der Waals surface area contributed by atoms with E-state index in [1.807, 2.05) is 24.0 Å².